The fourth-order valence-electron chi connectivity index (χ4n) is 2.84. The van der Waals surface area contributed by atoms with Crippen molar-refractivity contribution >= 4 is 11.7 Å². The molecule has 1 amide bonds. The number of anilines is 1. The molecule has 1 heterocycles. The molecule has 0 atom stereocenters. The Labute approximate surface area is 125 Å². The molecule has 1 aliphatic rings. The number of aromatic nitrogens is 1. The van der Waals surface area contributed by atoms with Gasteiger partial charge in [-0.2, -0.15) is 0 Å². The molecule has 0 aliphatic heterocycles. The summed E-state index contributed by atoms with van der Waals surface area (Å²) in [5.41, 5.74) is 5.52. The highest BCUT2D eigenvalue weighted by atomic mass is 19.1. The van der Waals surface area contributed by atoms with Gasteiger partial charge in [-0.1, -0.05) is 26.7 Å². The van der Waals surface area contributed by atoms with Crippen molar-refractivity contribution in [3.05, 3.63) is 23.6 Å². The monoisotopic (exact) mass is 293 g/mol. The van der Waals surface area contributed by atoms with Crippen molar-refractivity contribution in [1.82, 2.24) is 9.88 Å². The maximum Gasteiger partial charge on any atom is 0.257 e. The third-order valence-electron chi connectivity index (χ3n) is 4.12. The summed E-state index contributed by atoms with van der Waals surface area (Å²) in [6, 6.07) is 1.65. The Morgan fingerprint density at radius 1 is 1.48 bits per heavy atom. The Hall–Kier alpha value is -1.65. The predicted molar refractivity (Wildman–Crippen MR) is 81.4 cm³/mol. The first-order valence-electron chi connectivity index (χ1n) is 7.71. The van der Waals surface area contributed by atoms with E-state index < -0.39 is 5.82 Å². The minimum Gasteiger partial charge on any atom is -0.381 e. The van der Waals surface area contributed by atoms with Gasteiger partial charge >= 0.3 is 0 Å². The van der Waals surface area contributed by atoms with E-state index in [4.69, 9.17) is 5.73 Å². The number of nitrogen functional groups attached to an aromatic ring is 1. The largest absolute Gasteiger partial charge is 0.381 e. The molecule has 0 radical (unpaired) electrons. The van der Waals surface area contributed by atoms with Crippen LogP contribution in [0.3, 0.4) is 0 Å². The van der Waals surface area contributed by atoms with Gasteiger partial charge in [0.15, 0.2) is 11.6 Å². The Bertz CT molecular complexity index is 498. The van der Waals surface area contributed by atoms with E-state index in [1.54, 1.807) is 0 Å². The van der Waals surface area contributed by atoms with Crippen molar-refractivity contribution in [2.45, 2.75) is 52.0 Å². The van der Waals surface area contributed by atoms with E-state index in [0.717, 1.165) is 32.1 Å². The number of hydrogen-bond acceptors (Lipinski definition) is 3. The number of nitrogens with two attached hydrogens (primary N) is 1. The number of nitrogens with zero attached hydrogens (tertiary/aromatic N) is 2. The zero-order chi connectivity index (χ0) is 15.4. The summed E-state index contributed by atoms with van der Waals surface area (Å²) in [4.78, 5) is 18.2. The van der Waals surface area contributed by atoms with Crippen LogP contribution in [-0.4, -0.2) is 28.4 Å². The van der Waals surface area contributed by atoms with Crippen LogP contribution < -0.4 is 5.73 Å². The van der Waals surface area contributed by atoms with Crippen LogP contribution in [-0.2, 0) is 0 Å². The number of carbonyl (C=O) groups is 1. The lowest BCUT2D eigenvalue weighted by Gasteiger charge is -2.30. The Kier molecular flexibility index (Phi) is 5.15. The molecule has 116 valence electrons. The summed E-state index contributed by atoms with van der Waals surface area (Å²) >= 11 is 0. The predicted octanol–water partition coefficient (Wildman–Crippen LogP) is 3.23. The second-order valence-corrected chi connectivity index (χ2v) is 6.18. The lowest BCUT2D eigenvalue weighted by atomic mass is 10.1. The highest BCUT2D eigenvalue weighted by molar-refractivity contribution is 5.95. The van der Waals surface area contributed by atoms with Gasteiger partial charge in [0.2, 0.25) is 0 Å². The number of pyridine rings is 1. The summed E-state index contributed by atoms with van der Waals surface area (Å²) in [5.74, 6) is -0.658. The van der Waals surface area contributed by atoms with Gasteiger partial charge in [-0.25, -0.2) is 9.37 Å². The standard InChI is InChI=1S/C16H24FN3O/c1-11(2)8-10-20(12-5-3-4-6-12)16(21)13-7-9-19-15(18)14(13)17/h7,9,11-12H,3-6,8,10H2,1-2H3,(H2,18,19). The number of rotatable bonds is 5. The van der Waals surface area contributed by atoms with Gasteiger partial charge in [-0.05, 0) is 31.2 Å². The average molecular weight is 293 g/mol. The van der Waals surface area contributed by atoms with E-state index in [-0.39, 0.29) is 23.3 Å². The highest BCUT2D eigenvalue weighted by Crippen LogP contribution is 2.26. The van der Waals surface area contributed by atoms with Gasteiger partial charge in [0.25, 0.3) is 5.91 Å². The maximum absolute atomic E-state index is 14.1. The van der Waals surface area contributed by atoms with Crippen LogP contribution in [0.1, 0.15) is 56.3 Å². The molecular weight excluding hydrogens is 269 g/mol. The molecule has 0 unspecified atom stereocenters. The zero-order valence-corrected chi connectivity index (χ0v) is 12.8. The van der Waals surface area contributed by atoms with Crippen molar-refractivity contribution in [2.75, 3.05) is 12.3 Å². The third kappa shape index (κ3) is 3.71. The summed E-state index contributed by atoms with van der Waals surface area (Å²) in [6.45, 7) is 4.92. The SMILES string of the molecule is CC(C)CCN(C(=O)c1ccnc(N)c1F)C1CCCC1. The topological polar surface area (TPSA) is 59.2 Å². The Morgan fingerprint density at radius 3 is 2.76 bits per heavy atom. The van der Waals surface area contributed by atoms with E-state index in [1.807, 2.05) is 4.90 Å². The zero-order valence-electron chi connectivity index (χ0n) is 12.8. The first-order valence-corrected chi connectivity index (χ1v) is 7.71. The van der Waals surface area contributed by atoms with Crippen molar-refractivity contribution in [1.29, 1.82) is 0 Å². The van der Waals surface area contributed by atoms with Crippen LogP contribution in [0.5, 0.6) is 0 Å². The highest BCUT2D eigenvalue weighted by Gasteiger charge is 2.29. The van der Waals surface area contributed by atoms with Crippen LogP contribution in [0.4, 0.5) is 10.2 Å². The van der Waals surface area contributed by atoms with Gasteiger partial charge in [-0.3, -0.25) is 4.79 Å². The molecule has 5 heteroatoms. The molecule has 21 heavy (non-hydrogen) atoms. The first kappa shape index (κ1) is 15.7. The number of amides is 1. The molecule has 1 fully saturated rings. The van der Waals surface area contributed by atoms with Gasteiger partial charge in [0.05, 0.1) is 5.56 Å². The minimum atomic E-state index is -0.699. The second kappa shape index (κ2) is 6.87. The van der Waals surface area contributed by atoms with Crippen molar-refractivity contribution in [3.8, 4) is 0 Å². The summed E-state index contributed by atoms with van der Waals surface area (Å²) in [6.07, 6.45) is 6.59. The summed E-state index contributed by atoms with van der Waals surface area (Å²) < 4.78 is 14.1. The second-order valence-electron chi connectivity index (χ2n) is 6.18. The van der Waals surface area contributed by atoms with Gasteiger partial charge in [0.1, 0.15) is 0 Å². The van der Waals surface area contributed by atoms with Crippen molar-refractivity contribution < 1.29 is 9.18 Å². The fourth-order valence-corrected chi connectivity index (χ4v) is 2.84. The van der Waals surface area contributed by atoms with Crippen molar-refractivity contribution in [2.24, 2.45) is 5.92 Å². The molecule has 0 saturated heterocycles. The molecule has 1 aliphatic carbocycles. The van der Waals surface area contributed by atoms with E-state index in [1.165, 1.54) is 12.3 Å². The summed E-state index contributed by atoms with van der Waals surface area (Å²) in [5, 5.41) is 0. The van der Waals surface area contributed by atoms with E-state index >= 15 is 0 Å². The number of hydrogen-bond donors (Lipinski definition) is 1. The van der Waals surface area contributed by atoms with Gasteiger partial charge in [0, 0.05) is 18.8 Å². The molecule has 0 spiro atoms. The molecular formula is C16H24FN3O. The Morgan fingerprint density at radius 2 is 2.14 bits per heavy atom. The lowest BCUT2D eigenvalue weighted by molar-refractivity contribution is 0.0667. The van der Waals surface area contributed by atoms with E-state index in [2.05, 4.69) is 18.8 Å². The van der Waals surface area contributed by atoms with Crippen LogP contribution in [0, 0.1) is 11.7 Å². The Balaban J connectivity index is 2.22. The lowest BCUT2D eigenvalue weighted by Crippen LogP contribution is -2.40. The molecule has 1 aromatic rings. The molecule has 0 bridgehead atoms. The average Bonchev–Trinajstić information content (AvgIpc) is 2.95. The fraction of sp³-hybridized carbons (Fsp3) is 0.625. The van der Waals surface area contributed by atoms with Crippen LogP contribution >= 0.6 is 0 Å². The number of halogens is 1. The molecule has 4 nitrogen and oxygen atoms in total. The maximum atomic E-state index is 14.1. The quantitative estimate of drug-likeness (QED) is 0.906. The van der Waals surface area contributed by atoms with E-state index in [0.29, 0.717) is 12.5 Å². The van der Waals surface area contributed by atoms with Crippen LogP contribution in [0.25, 0.3) is 0 Å². The van der Waals surface area contributed by atoms with Gasteiger partial charge < -0.3 is 10.6 Å². The van der Waals surface area contributed by atoms with E-state index in [9.17, 15) is 9.18 Å². The van der Waals surface area contributed by atoms with Crippen LogP contribution in [0.15, 0.2) is 12.3 Å². The van der Waals surface area contributed by atoms with Crippen LogP contribution in [0.2, 0.25) is 0 Å². The van der Waals surface area contributed by atoms with Crippen molar-refractivity contribution in [3.63, 3.8) is 0 Å². The number of carbonyl (C=O) groups excluding carboxylic acids is 1. The third-order valence-corrected chi connectivity index (χ3v) is 4.12. The smallest absolute Gasteiger partial charge is 0.257 e. The first-order chi connectivity index (χ1) is 10.0. The normalized spacial score (nSPS) is 15.6. The molecule has 0 aromatic carbocycles. The molecule has 2 rings (SSSR count). The molecule has 1 saturated carbocycles. The molecule has 2 N–H and O–H groups in total. The minimum absolute atomic E-state index is 0.0400. The summed E-state index contributed by atoms with van der Waals surface area (Å²) in [7, 11) is 0. The van der Waals surface area contributed by atoms with Gasteiger partial charge in [-0.15, -0.1) is 0 Å². The molecule has 1 aromatic heterocycles.